The summed E-state index contributed by atoms with van der Waals surface area (Å²) in [4.78, 5) is 6.24. The zero-order valence-corrected chi connectivity index (χ0v) is 12.5. The van der Waals surface area contributed by atoms with E-state index in [4.69, 9.17) is 4.98 Å². The standard InChI is InChI=1S/C14H18N2S2/c1-3-12-13(6-15-10-4-5-10)18-14(16-12)11-8-17-7-9(11)2/h7-8,10,15H,3-6H2,1-2H3. The van der Waals surface area contributed by atoms with Gasteiger partial charge in [0.05, 0.1) is 5.69 Å². The van der Waals surface area contributed by atoms with Gasteiger partial charge in [0.25, 0.3) is 0 Å². The molecule has 1 aliphatic rings. The van der Waals surface area contributed by atoms with E-state index in [1.165, 1.54) is 39.5 Å². The van der Waals surface area contributed by atoms with E-state index >= 15 is 0 Å². The van der Waals surface area contributed by atoms with E-state index in [1.807, 2.05) is 11.3 Å². The molecule has 1 aliphatic carbocycles. The summed E-state index contributed by atoms with van der Waals surface area (Å²) in [6.07, 6.45) is 3.72. The molecule has 2 nitrogen and oxygen atoms in total. The van der Waals surface area contributed by atoms with Crippen molar-refractivity contribution in [1.82, 2.24) is 10.3 Å². The van der Waals surface area contributed by atoms with Crippen LogP contribution in [0.5, 0.6) is 0 Å². The molecule has 96 valence electrons. The summed E-state index contributed by atoms with van der Waals surface area (Å²) in [5.74, 6) is 0. The van der Waals surface area contributed by atoms with Crippen LogP contribution in [0.4, 0.5) is 0 Å². The Hall–Kier alpha value is -0.710. The van der Waals surface area contributed by atoms with Crippen LogP contribution in [-0.4, -0.2) is 11.0 Å². The minimum Gasteiger partial charge on any atom is -0.309 e. The van der Waals surface area contributed by atoms with Crippen molar-refractivity contribution >= 4 is 22.7 Å². The van der Waals surface area contributed by atoms with Gasteiger partial charge in [0.2, 0.25) is 0 Å². The van der Waals surface area contributed by atoms with Gasteiger partial charge in [-0.1, -0.05) is 6.92 Å². The number of aromatic nitrogens is 1. The molecule has 3 rings (SSSR count). The molecule has 0 radical (unpaired) electrons. The predicted octanol–water partition coefficient (Wildman–Crippen LogP) is 3.99. The first-order valence-electron chi connectivity index (χ1n) is 6.53. The lowest BCUT2D eigenvalue weighted by Gasteiger charge is -2.00. The number of aryl methyl sites for hydroxylation is 2. The van der Waals surface area contributed by atoms with Gasteiger partial charge >= 0.3 is 0 Å². The third kappa shape index (κ3) is 2.51. The van der Waals surface area contributed by atoms with Crippen molar-refractivity contribution in [3.05, 3.63) is 26.9 Å². The highest BCUT2D eigenvalue weighted by atomic mass is 32.1. The molecule has 0 unspecified atom stereocenters. The SMILES string of the molecule is CCc1nc(-c2cscc2C)sc1CNC1CC1. The van der Waals surface area contributed by atoms with E-state index in [0.29, 0.717) is 0 Å². The van der Waals surface area contributed by atoms with Gasteiger partial charge in [0.15, 0.2) is 0 Å². The summed E-state index contributed by atoms with van der Waals surface area (Å²) >= 11 is 3.62. The van der Waals surface area contributed by atoms with Crippen LogP contribution in [0.3, 0.4) is 0 Å². The Balaban J connectivity index is 1.84. The highest BCUT2D eigenvalue weighted by molar-refractivity contribution is 7.15. The van der Waals surface area contributed by atoms with E-state index in [1.54, 1.807) is 11.3 Å². The molecule has 18 heavy (non-hydrogen) atoms. The van der Waals surface area contributed by atoms with E-state index in [2.05, 4.69) is 29.9 Å². The van der Waals surface area contributed by atoms with Crippen LogP contribution in [0.15, 0.2) is 10.8 Å². The highest BCUT2D eigenvalue weighted by Crippen LogP contribution is 2.33. The van der Waals surface area contributed by atoms with Crippen molar-refractivity contribution in [2.24, 2.45) is 0 Å². The zero-order valence-electron chi connectivity index (χ0n) is 10.8. The molecule has 2 aromatic rings. The van der Waals surface area contributed by atoms with Gasteiger partial charge < -0.3 is 5.32 Å². The molecule has 4 heteroatoms. The minimum absolute atomic E-state index is 0.767. The molecule has 1 saturated carbocycles. The monoisotopic (exact) mass is 278 g/mol. The molecule has 0 aromatic carbocycles. The summed E-state index contributed by atoms with van der Waals surface area (Å²) in [6, 6.07) is 0.767. The van der Waals surface area contributed by atoms with Gasteiger partial charge in [-0.2, -0.15) is 11.3 Å². The van der Waals surface area contributed by atoms with Crippen molar-refractivity contribution in [2.45, 2.75) is 45.7 Å². The first-order chi connectivity index (χ1) is 8.78. The Kier molecular flexibility index (Phi) is 3.50. The fraction of sp³-hybridized carbons (Fsp3) is 0.500. The third-order valence-electron chi connectivity index (χ3n) is 3.33. The summed E-state index contributed by atoms with van der Waals surface area (Å²) < 4.78 is 0. The highest BCUT2D eigenvalue weighted by Gasteiger charge is 2.21. The molecular weight excluding hydrogens is 260 g/mol. The Labute approximate surface area is 116 Å². The number of hydrogen-bond acceptors (Lipinski definition) is 4. The lowest BCUT2D eigenvalue weighted by Crippen LogP contribution is -2.15. The van der Waals surface area contributed by atoms with Crippen LogP contribution in [0.25, 0.3) is 10.6 Å². The molecule has 0 aliphatic heterocycles. The second-order valence-electron chi connectivity index (χ2n) is 4.87. The molecule has 0 bridgehead atoms. The van der Waals surface area contributed by atoms with E-state index in [-0.39, 0.29) is 0 Å². The van der Waals surface area contributed by atoms with Crippen molar-refractivity contribution < 1.29 is 0 Å². The van der Waals surface area contributed by atoms with E-state index in [0.717, 1.165) is 19.0 Å². The van der Waals surface area contributed by atoms with Crippen molar-refractivity contribution in [3.63, 3.8) is 0 Å². The lowest BCUT2D eigenvalue weighted by molar-refractivity contribution is 0.689. The summed E-state index contributed by atoms with van der Waals surface area (Å²) in [5.41, 5.74) is 3.93. The maximum atomic E-state index is 4.82. The topological polar surface area (TPSA) is 24.9 Å². The first-order valence-corrected chi connectivity index (χ1v) is 8.29. The second kappa shape index (κ2) is 5.11. The lowest BCUT2D eigenvalue weighted by atomic mass is 10.2. The van der Waals surface area contributed by atoms with Crippen LogP contribution in [-0.2, 0) is 13.0 Å². The van der Waals surface area contributed by atoms with Gasteiger partial charge in [-0.3, -0.25) is 0 Å². The van der Waals surface area contributed by atoms with Crippen LogP contribution in [0.2, 0.25) is 0 Å². The number of thiazole rings is 1. The van der Waals surface area contributed by atoms with Crippen LogP contribution in [0, 0.1) is 6.92 Å². The van der Waals surface area contributed by atoms with Crippen molar-refractivity contribution in [1.29, 1.82) is 0 Å². The minimum atomic E-state index is 0.767. The molecule has 2 aromatic heterocycles. The Morgan fingerprint density at radius 2 is 2.22 bits per heavy atom. The summed E-state index contributed by atoms with van der Waals surface area (Å²) in [5, 5.41) is 9.20. The predicted molar refractivity (Wildman–Crippen MR) is 79.4 cm³/mol. The van der Waals surface area contributed by atoms with Gasteiger partial charge in [-0.15, -0.1) is 11.3 Å². The fourth-order valence-electron chi connectivity index (χ4n) is 2.02. The quantitative estimate of drug-likeness (QED) is 0.894. The smallest absolute Gasteiger partial charge is 0.125 e. The fourth-order valence-corrected chi connectivity index (χ4v) is 4.11. The average molecular weight is 278 g/mol. The van der Waals surface area contributed by atoms with Gasteiger partial charge in [-0.05, 0) is 37.1 Å². The molecule has 2 heterocycles. The molecule has 0 amide bonds. The number of nitrogens with one attached hydrogen (secondary N) is 1. The maximum absolute atomic E-state index is 4.82. The van der Waals surface area contributed by atoms with E-state index in [9.17, 15) is 0 Å². The Morgan fingerprint density at radius 1 is 1.39 bits per heavy atom. The number of nitrogens with zero attached hydrogens (tertiary/aromatic N) is 1. The van der Waals surface area contributed by atoms with Crippen LogP contribution in [0.1, 0.15) is 35.9 Å². The number of rotatable bonds is 5. The molecule has 1 fully saturated rings. The van der Waals surface area contributed by atoms with Crippen molar-refractivity contribution in [3.8, 4) is 10.6 Å². The van der Waals surface area contributed by atoms with Crippen molar-refractivity contribution in [2.75, 3.05) is 0 Å². The summed E-state index contributed by atoms with van der Waals surface area (Å²) in [7, 11) is 0. The molecule has 0 atom stereocenters. The van der Waals surface area contributed by atoms with Gasteiger partial charge in [0.1, 0.15) is 5.01 Å². The number of thiophene rings is 1. The molecule has 0 saturated heterocycles. The number of hydrogen-bond donors (Lipinski definition) is 1. The Bertz CT molecular complexity index is 538. The average Bonchev–Trinajstić information content (AvgIpc) is 2.96. The molecule has 1 N–H and O–H groups in total. The summed E-state index contributed by atoms with van der Waals surface area (Å²) in [6.45, 7) is 5.36. The maximum Gasteiger partial charge on any atom is 0.125 e. The Morgan fingerprint density at radius 3 is 2.83 bits per heavy atom. The first kappa shape index (κ1) is 12.3. The van der Waals surface area contributed by atoms with Gasteiger partial charge in [-0.25, -0.2) is 4.98 Å². The molecular formula is C14H18N2S2. The normalized spacial score (nSPS) is 15.2. The van der Waals surface area contributed by atoms with Crippen LogP contribution >= 0.6 is 22.7 Å². The molecule has 0 spiro atoms. The van der Waals surface area contributed by atoms with Crippen LogP contribution < -0.4 is 5.32 Å². The third-order valence-corrected chi connectivity index (χ3v) is 5.32. The zero-order chi connectivity index (χ0) is 12.5. The largest absolute Gasteiger partial charge is 0.309 e. The van der Waals surface area contributed by atoms with E-state index < -0.39 is 0 Å². The van der Waals surface area contributed by atoms with Gasteiger partial charge in [0, 0.05) is 28.4 Å². The second-order valence-corrected chi connectivity index (χ2v) is 6.69.